The fourth-order valence-electron chi connectivity index (χ4n) is 1.18. The maximum Gasteiger partial charge on any atom is 0.317 e. The molecule has 0 aliphatic rings. The Morgan fingerprint density at radius 3 is 2.40 bits per heavy atom. The molecule has 0 radical (unpaired) electrons. The van der Waals surface area contributed by atoms with Crippen molar-refractivity contribution >= 4 is 17.7 Å². The van der Waals surface area contributed by atoms with Gasteiger partial charge in [0, 0.05) is 11.4 Å². The van der Waals surface area contributed by atoms with Crippen molar-refractivity contribution in [2.45, 2.75) is 37.6 Å². The zero-order valence-corrected chi connectivity index (χ0v) is 9.84. The van der Waals surface area contributed by atoms with Crippen LogP contribution in [-0.4, -0.2) is 26.3 Å². The molecule has 0 fully saturated rings. The highest BCUT2D eigenvalue weighted by Crippen LogP contribution is 2.22. The minimum atomic E-state index is -0.815. The maximum absolute atomic E-state index is 10.8. The average Bonchev–Trinajstić information content (AvgIpc) is 2.12. The van der Waals surface area contributed by atoms with Gasteiger partial charge in [0.25, 0.3) is 0 Å². The summed E-state index contributed by atoms with van der Waals surface area (Å²) in [5.74, 6) is -0.815. The fraction of sp³-hybridized carbons (Fsp3) is 0.500. The minimum Gasteiger partial charge on any atom is -0.480 e. The van der Waals surface area contributed by atoms with Crippen molar-refractivity contribution in [1.29, 1.82) is 0 Å². The summed E-state index contributed by atoms with van der Waals surface area (Å²) < 4.78 is 0. The van der Waals surface area contributed by atoms with Crippen LogP contribution >= 0.6 is 11.8 Å². The van der Waals surface area contributed by atoms with E-state index < -0.39 is 11.2 Å². The normalized spacial score (nSPS) is 12.5. The second-order valence-electron chi connectivity index (χ2n) is 3.29. The molecular weight excluding hydrogens is 212 g/mol. The van der Waals surface area contributed by atoms with Crippen LogP contribution in [0.2, 0.25) is 0 Å². The second-order valence-corrected chi connectivity index (χ2v) is 4.46. The summed E-state index contributed by atoms with van der Waals surface area (Å²) in [5.41, 5.74) is 1.73. The molecule has 82 valence electrons. The molecule has 1 aromatic rings. The second kappa shape index (κ2) is 5.11. The average molecular weight is 226 g/mol. The predicted molar refractivity (Wildman–Crippen MR) is 59.1 cm³/mol. The van der Waals surface area contributed by atoms with E-state index in [2.05, 4.69) is 9.97 Å². The largest absolute Gasteiger partial charge is 0.480 e. The molecule has 0 spiro atoms. The highest BCUT2D eigenvalue weighted by atomic mass is 32.2. The smallest absolute Gasteiger partial charge is 0.317 e. The number of thioether (sulfide) groups is 1. The zero-order valence-electron chi connectivity index (χ0n) is 9.02. The molecule has 1 rings (SSSR count). The first-order chi connectivity index (χ1) is 7.02. The van der Waals surface area contributed by atoms with E-state index in [1.807, 2.05) is 26.8 Å². The lowest BCUT2D eigenvalue weighted by atomic mass is 10.3. The van der Waals surface area contributed by atoms with Gasteiger partial charge in [0.1, 0.15) is 5.25 Å². The molecule has 0 bridgehead atoms. The molecule has 15 heavy (non-hydrogen) atoms. The van der Waals surface area contributed by atoms with Crippen LogP contribution in [0.3, 0.4) is 0 Å². The van der Waals surface area contributed by atoms with Crippen molar-refractivity contribution in [3.63, 3.8) is 0 Å². The maximum atomic E-state index is 10.8. The Morgan fingerprint density at radius 2 is 2.00 bits per heavy atom. The van der Waals surface area contributed by atoms with Crippen LogP contribution < -0.4 is 0 Å². The van der Waals surface area contributed by atoms with E-state index in [1.165, 1.54) is 11.8 Å². The topological polar surface area (TPSA) is 63.1 Å². The molecule has 0 aliphatic heterocycles. The predicted octanol–water partition coefficient (Wildman–Crippen LogP) is 2.05. The van der Waals surface area contributed by atoms with E-state index in [1.54, 1.807) is 0 Å². The molecular formula is C10H14N2O2S. The van der Waals surface area contributed by atoms with Gasteiger partial charge in [-0.3, -0.25) is 4.79 Å². The molecule has 0 amide bonds. The van der Waals surface area contributed by atoms with Gasteiger partial charge in [0.2, 0.25) is 0 Å². The number of rotatable bonds is 4. The first-order valence-corrected chi connectivity index (χ1v) is 5.62. The van der Waals surface area contributed by atoms with Gasteiger partial charge >= 0.3 is 5.97 Å². The lowest BCUT2D eigenvalue weighted by Crippen LogP contribution is -2.15. The monoisotopic (exact) mass is 226 g/mol. The number of nitrogens with zero attached hydrogens (tertiary/aromatic N) is 2. The number of aliphatic carboxylic acids is 1. The first-order valence-electron chi connectivity index (χ1n) is 4.74. The molecule has 5 heteroatoms. The minimum absolute atomic E-state index is 0.466. The van der Waals surface area contributed by atoms with Crippen LogP contribution in [0.25, 0.3) is 0 Å². The Kier molecular flexibility index (Phi) is 4.08. The third-order valence-electron chi connectivity index (χ3n) is 1.86. The summed E-state index contributed by atoms with van der Waals surface area (Å²) in [6, 6.07) is 1.87. The fourth-order valence-corrected chi connectivity index (χ4v) is 2.10. The van der Waals surface area contributed by atoms with E-state index in [9.17, 15) is 4.79 Å². The Hall–Kier alpha value is -1.10. The summed E-state index contributed by atoms with van der Waals surface area (Å²) in [6.45, 7) is 5.59. The summed E-state index contributed by atoms with van der Waals surface area (Å²) in [4.78, 5) is 19.2. The van der Waals surface area contributed by atoms with Gasteiger partial charge in [-0.05, 0) is 26.3 Å². The van der Waals surface area contributed by atoms with Gasteiger partial charge in [-0.15, -0.1) is 0 Å². The highest BCUT2D eigenvalue weighted by molar-refractivity contribution is 8.00. The number of aromatic nitrogens is 2. The Morgan fingerprint density at radius 1 is 1.47 bits per heavy atom. The summed E-state index contributed by atoms with van der Waals surface area (Å²) in [7, 11) is 0. The van der Waals surface area contributed by atoms with Gasteiger partial charge in [0.15, 0.2) is 5.16 Å². The van der Waals surface area contributed by atoms with Gasteiger partial charge in [-0.25, -0.2) is 9.97 Å². The molecule has 1 atom stereocenters. The molecule has 4 nitrogen and oxygen atoms in total. The molecule has 1 heterocycles. The van der Waals surface area contributed by atoms with Gasteiger partial charge in [-0.2, -0.15) is 0 Å². The lowest BCUT2D eigenvalue weighted by Gasteiger charge is -2.08. The first kappa shape index (κ1) is 12.0. The van der Waals surface area contributed by atoms with Crippen molar-refractivity contribution in [2.75, 3.05) is 0 Å². The molecule has 0 aromatic carbocycles. The van der Waals surface area contributed by atoms with E-state index in [0.717, 1.165) is 11.4 Å². The molecule has 0 unspecified atom stereocenters. The third-order valence-corrected chi connectivity index (χ3v) is 3.07. The standard InChI is InChI=1S/C10H14N2O2S/c1-4-8(9(13)14)15-10-11-6(2)5-7(3)12-10/h5,8H,4H2,1-3H3,(H,13,14)/t8-/m0/s1. The Balaban J connectivity index is 2.83. The van der Waals surface area contributed by atoms with Crippen molar-refractivity contribution in [3.8, 4) is 0 Å². The highest BCUT2D eigenvalue weighted by Gasteiger charge is 2.18. The molecule has 1 aromatic heterocycles. The van der Waals surface area contributed by atoms with Crippen LogP contribution in [0, 0.1) is 13.8 Å². The summed E-state index contributed by atoms with van der Waals surface area (Å²) in [6.07, 6.45) is 0.566. The Labute approximate surface area is 93.1 Å². The van der Waals surface area contributed by atoms with Crippen LogP contribution in [0.4, 0.5) is 0 Å². The van der Waals surface area contributed by atoms with Crippen LogP contribution in [-0.2, 0) is 4.79 Å². The molecule has 0 saturated carbocycles. The zero-order chi connectivity index (χ0) is 11.4. The van der Waals surface area contributed by atoms with E-state index >= 15 is 0 Å². The van der Waals surface area contributed by atoms with Gasteiger partial charge in [-0.1, -0.05) is 18.7 Å². The van der Waals surface area contributed by atoms with Crippen molar-refractivity contribution in [3.05, 3.63) is 17.5 Å². The SMILES string of the molecule is CC[C@H](Sc1nc(C)cc(C)n1)C(=O)O. The summed E-state index contributed by atoms with van der Waals surface area (Å²) in [5, 5.41) is 8.97. The quantitative estimate of drug-likeness (QED) is 0.629. The van der Waals surface area contributed by atoms with E-state index in [-0.39, 0.29) is 0 Å². The lowest BCUT2D eigenvalue weighted by molar-refractivity contribution is -0.136. The van der Waals surface area contributed by atoms with Crippen molar-refractivity contribution < 1.29 is 9.90 Å². The number of carboxylic acids is 1. The molecule has 1 N–H and O–H groups in total. The molecule has 0 saturated heterocycles. The number of aryl methyl sites for hydroxylation is 2. The number of carboxylic acid groups (broad SMARTS) is 1. The van der Waals surface area contributed by atoms with Gasteiger partial charge < -0.3 is 5.11 Å². The van der Waals surface area contributed by atoms with E-state index in [0.29, 0.717) is 11.6 Å². The van der Waals surface area contributed by atoms with Crippen LogP contribution in [0.15, 0.2) is 11.2 Å². The van der Waals surface area contributed by atoms with Crippen molar-refractivity contribution in [1.82, 2.24) is 9.97 Å². The van der Waals surface area contributed by atoms with Crippen molar-refractivity contribution in [2.24, 2.45) is 0 Å². The number of carbonyl (C=O) groups is 1. The molecule has 0 aliphatic carbocycles. The van der Waals surface area contributed by atoms with Gasteiger partial charge in [0.05, 0.1) is 0 Å². The number of hydrogen-bond acceptors (Lipinski definition) is 4. The van der Waals surface area contributed by atoms with E-state index in [4.69, 9.17) is 5.11 Å². The van der Waals surface area contributed by atoms with Crippen LogP contribution in [0.5, 0.6) is 0 Å². The van der Waals surface area contributed by atoms with Crippen LogP contribution in [0.1, 0.15) is 24.7 Å². The summed E-state index contributed by atoms with van der Waals surface area (Å²) >= 11 is 1.20. The number of hydrogen-bond donors (Lipinski definition) is 1. The Bertz CT molecular complexity index is 348. The third kappa shape index (κ3) is 3.51.